The van der Waals surface area contributed by atoms with Crippen molar-refractivity contribution < 1.29 is 4.74 Å². The van der Waals surface area contributed by atoms with Crippen molar-refractivity contribution in [2.45, 2.75) is 25.4 Å². The van der Waals surface area contributed by atoms with Crippen LogP contribution in [0.25, 0.3) is 0 Å². The first-order chi connectivity index (χ1) is 7.90. The molecule has 1 saturated heterocycles. The van der Waals surface area contributed by atoms with Gasteiger partial charge in [-0.25, -0.2) is 0 Å². The molecule has 3 nitrogen and oxygen atoms in total. The van der Waals surface area contributed by atoms with Crippen LogP contribution in [0.3, 0.4) is 0 Å². The maximum Gasteiger partial charge on any atom is 0.0469 e. The molecule has 2 rings (SSSR count). The standard InChI is InChI=1S/C12H20N2OS/c13-8-12(10-3-5-15-6-4-10)14-9-11-2-1-7-16-11/h1-2,7,10,12,14H,3-6,8-9,13H2. The molecule has 0 aromatic carbocycles. The lowest BCUT2D eigenvalue weighted by Gasteiger charge is -2.30. The summed E-state index contributed by atoms with van der Waals surface area (Å²) >= 11 is 1.79. The van der Waals surface area contributed by atoms with E-state index in [1.165, 1.54) is 4.88 Å². The predicted molar refractivity (Wildman–Crippen MR) is 67.5 cm³/mol. The first-order valence-corrected chi connectivity index (χ1v) is 6.81. The van der Waals surface area contributed by atoms with Crippen LogP contribution in [0.5, 0.6) is 0 Å². The summed E-state index contributed by atoms with van der Waals surface area (Å²) in [4.78, 5) is 1.38. The molecule has 1 aromatic rings. The minimum absolute atomic E-state index is 0.436. The molecule has 1 fully saturated rings. The Kier molecular flexibility index (Phi) is 4.78. The SMILES string of the molecule is NCC(NCc1cccs1)C1CCOCC1. The maximum atomic E-state index is 5.84. The summed E-state index contributed by atoms with van der Waals surface area (Å²) in [5, 5.41) is 5.69. The van der Waals surface area contributed by atoms with E-state index < -0.39 is 0 Å². The van der Waals surface area contributed by atoms with Crippen molar-refractivity contribution in [1.82, 2.24) is 5.32 Å². The third-order valence-electron chi connectivity index (χ3n) is 3.21. The summed E-state index contributed by atoms with van der Waals surface area (Å²) in [6.45, 7) is 3.44. The highest BCUT2D eigenvalue weighted by Crippen LogP contribution is 2.19. The molecule has 0 radical (unpaired) electrons. The lowest BCUT2D eigenvalue weighted by atomic mass is 9.92. The second-order valence-corrected chi connectivity index (χ2v) is 5.28. The second kappa shape index (κ2) is 6.35. The molecule has 0 spiro atoms. The molecule has 1 aliphatic heterocycles. The van der Waals surface area contributed by atoms with Gasteiger partial charge in [-0.3, -0.25) is 0 Å². The van der Waals surface area contributed by atoms with Gasteiger partial charge in [0.2, 0.25) is 0 Å². The molecule has 4 heteroatoms. The van der Waals surface area contributed by atoms with Gasteiger partial charge >= 0.3 is 0 Å². The van der Waals surface area contributed by atoms with Gasteiger partial charge in [-0.1, -0.05) is 6.07 Å². The first kappa shape index (κ1) is 12.0. The van der Waals surface area contributed by atoms with E-state index in [1.807, 2.05) is 0 Å². The van der Waals surface area contributed by atoms with Gasteiger partial charge in [0, 0.05) is 37.2 Å². The molecule has 0 saturated carbocycles. The maximum absolute atomic E-state index is 5.84. The van der Waals surface area contributed by atoms with Gasteiger partial charge in [-0.15, -0.1) is 11.3 Å². The molecular formula is C12H20N2OS. The summed E-state index contributed by atoms with van der Waals surface area (Å²) < 4.78 is 5.38. The van der Waals surface area contributed by atoms with Crippen molar-refractivity contribution in [2.75, 3.05) is 19.8 Å². The molecule has 16 heavy (non-hydrogen) atoms. The fraction of sp³-hybridized carbons (Fsp3) is 0.667. The van der Waals surface area contributed by atoms with E-state index in [2.05, 4.69) is 22.8 Å². The van der Waals surface area contributed by atoms with Crippen LogP contribution < -0.4 is 11.1 Å². The minimum atomic E-state index is 0.436. The van der Waals surface area contributed by atoms with Crippen molar-refractivity contribution in [3.8, 4) is 0 Å². The van der Waals surface area contributed by atoms with E-state index in [0.717, 1.165) is 39.1 Å². The van der Waals surface area contributed by atoms with Crippen LogP contribution in [-0.2, 0) is 11.3 Å². The van der Waals surface area contributed by atoms with Gasteiger partial charge in [-0.05, 0) is 30.2 Å². The Bertz CT molecular complexity index is 283. The number of thiophene rings is 1. The van der Waals surface area contributed by atoms with E-state index in [1.54, 1.807) is 11.3 Å². The lowest BCUT2D eigenvalue weighted by molar-refractivity contribution is 0.0546. The van der Waals surface area contributed by atoms with E-state index in [9.17, 15) is 0 Å². The number of hydrogen-bond donors (Lipinski definition) is 2. The number of hydrogen-bond acceptors (Lipinski definition) is 4. The Morgan fingerprint density at radius 2 is 2.31 bits per heavy atom. The van der Waals surface area contributed by atoms with Crippen LogP contribution in [0.2, 0.25) is 0 Å². The summed E-state index contributed by atoms with van der Waals surface area (Å²) in [6.07, 6.45) is 2.28. The molecule has 0 aliphatic carbocycles. The number of ether oxygens (including phenoxy) is 1. The summed E-state index contributed by atoms with van der Waals surface area (Å²) in [5.41, 5.74) is 5.84. The summed E-state index contributed by atoms with van der Waals surface area (Å²) in [7, 11) is 0. The number of rotatable bonds is 5. The Morgan fingerprint density at radius 1 is 1.50 bits per heavy atom. The zero-order valence-electron chi connectivity index (χ0n) is 9.52. The van der Waals surface area contributed by atoms with E-state index in [0.29, 0.717) is 12.0 Å². The Labute approximate surface area is 101 Å². The summed E-state index contributed by atoms with van der Waals surface area (Å²) in [6, 6.07) is 4.69. The van der Waals surface area contributed by atoms with Gasteiger partial charge in [0.25, 0.3) is 0 Å². The molecule has 2 heterocycles. The lowest BCUT2D eigenvalue weighted by Crippen LogP contribution is -2.43. The van der Waals surface area contributed by atoms with Crippen LogP contribution in [0.1, 0.15) is 17.7 Å². The molecule has 0 bridgehead atoms. The van der Waals surface area contributed by atoms with Crippen molar-refractivity contribution >= 4 is 11.3 Å². The second-order valence-electron chi connectivity index (χ2n) is 4.25. The molecule has 90 valence electrons. The normalized spacial score (nSPS) is 19.8. The molecule has 1 unspecified atom stereocenters. The van der Waals surface area contributed by atoms with Gasteiger partial charge in [0.15, 0.2) is 0 Å². The molecule has 1 atom stereocenters. The highest BCUT2D eigenvalue weighted by Gasteiger charge is 2.22. The number of nitrogens with two attached hydrogens (primary N) is 1. The van der Waals surface area contributed by atoms with Crippen LogP contribution in [-0.4, -0.2) is 25.8 Å². The quantitative estimate of drug-likeness (QED) is 0.821. The van der Waals surface area contributed by atoms with Crippen LogP contribution in [0, 0.1) is 5.92 Å². The zero-order chi connectivity index (χ0) is 11.2. The Balaban J connectivity index is 1.80. The minimum Gasteiger partial charge on any atom is -0.381 e. The molecule has 0 amide bonds. The average molecular weight is 240 g/mol. The topological polar surface area (TPSA) is 47.3 Å². The highest BCUT2D eigenvalue weighted by molar-refractivity contribution is 7.09. The third-order valence-corrected chi connectivity index (χ3v) is 4.08. The van der Waals surface area contributed by atoms with E-state index >= 15 is 0 Å². The largest absolute Gasteiger partial charge is 0.381 e. The monoisotopic (exact) mass is 240 g/mol. The van der Waals surface area contributed by atoms with E-state index in [-0.39, 0.29) is 0 Å². The van der Waals surface area contributed by atoms with Gasteiger partial charge in [0.05, 0.1) is 0 Å². The first-order valence-electron chi connectivity index (χ1n) is 5.93. The van der Waals surface area contributed by atoms with Crippen LogP contribution in [0.4, 0.5) is 0 Å². The van der Waals surface area contributed by atoms with Crippen LogP contribution >= 0.6 is 11.3 Å². The Morgan fingerprint density at radius 3 is 2.94 bits per heavy atom. The van der Waals surface area contributed by atoms with Gasteiger partial charge < -0.3 is 15.8 Å². The third kappa shape index (κ3) is 3.28. The molecular weight excluding hydrogens is 220 g/mol. The van der Waals surface area contributed by atoms with Crippen molar-refractivity contribution in [3.05, 3.63) is 22.4 Å². The van der Waals surface area contributed by atoms with E-state index in [4.69, 9.17) is 10.5 Å². The Hall–Kier alpha value is -0.420. The fourth-order valence-corrected chi connectivity index (χ4v) is 2.86. The molecule has 1 aliphatic rings. The van der Waals surface area contributed by atoms with Crippen molar-refractivity contribution in [1.29, 1.82) is 0 Å². The molecule has 1 aromatic heterocycles. The predicted octanol–water partition coefficient (Wildman–Crippen LogP) is 1.59. The number of nitrogens with one attached hydrogen (secondary N) is 1. The van der Waals surface area contributed by atoms with Crippen LogP contribution in [0.15, 0.2) is 17.5 Å². The van der Waals surface area contributed by atoms with Crippen molar-refractivity contribution in [2.24, 2.45) is 11.7 Å². The highest BCUT2D eigenvalue weighted by atomic mass is 32.1. The zero-order valence-corrected chi connectivity index (χ0v) is 10.3. The summed E-state index contributed by atoms with van der Waals surface area (Å²) in [5.74, 6) is 0.679. The smallest absolute Gasteiger partial charge is 0.0469 e. The molecule has 3 N–H and O–H groups in total. The fourth-order valence-electron chi connectivity index (χ4n) is 2.21. The van der Waals surface area contributed by atoms with Gasteiger partial charge in [0.1, 0.15) is 0 Å². The average Bonchev–Trinajstić information content (AvgIpc) is 2.84. The van der Waals surface area contributed by atoms with Crippen molar-refractivity contribution in [3.63, 3.8) is 0 Å². The van der Waals surface area contributed by atoms with Gasteiger partial charge in [-0.2, -0.15) is 0 Å².